The summed E-state index contributed by atoms with van der Waals surface area (Å²) in [6, 6.07) is 8.30. The summed E-state index contributed by atoms with van der Waals surface area (Å²) in [5, 5.41) is 0. The molecule has 5 nitrogen and oxygen atoms in total. The summed E-state index contributed by atoms with van der Waals surface area (Å²) in [5.74, 6) is 0.726. The summed E-state index contributed by atoms with van der Waals surface area (Å²) >= 11 is 0. The molecule has 0 atom stereocenters. The molecule has 1 aromatic carbocycles. The van der Waals surface area contributed by atoms with Gasteiger partial charge in [-0.3, -0.25) is 4.79 Å². The normalized spacial score (nSPS) is 16.4. The van der Waals surface area contributed by atoms with Gasteiger partial charge in [0.05, 0.1) is 4.90 Å². The fraction of sp³-hybridized carbons (Fsp3) is 0.353. The van der Waals surface area contributed by atoms with Gasteiger partial charge in [-0.2, -0.15) is 4.31 Å². The number of hydrogen-bond acceptors (Lipinski definition) is 4. The first-order valence-electron chi connectivity index (χ1n) is 7.68. The summed E-state index contributed by atoms with van der Waals surface area (Å²) in [6.45, 7) is 3.03. The summed E-state index contributed by atoms with van der Waals surface area (Å²) in [7, 11) is -3.49. The van der Waals surface area contributed by atoms with Crippen LogP contribution < -0.4 is 0 Å². The second-order valence-electron chi connectivity index (χ2n) is 5.76. The fourth-order valence-corrected chi connectivity index (χ4v) is 4.39. The van der Waals surface area contributed by atoms with E-state index >= 15 is 0 Å². The Hall–Kier alpha value is -1.92. The van der Waals surface area contributed by atoms with Gasteiger partial charge in [-0.05, 0) is 49.6 Å². The number of carbonyl (C=O) groups is 1. The van der Waals surface area contributed by atoms with E-state index in [2.05, 4.69) is 0 Å². The molecule has 6 heteroatoms. The minimum absolute atomic E-state index is 0.226. The van der Waals surface area contributed by atoms with Crippen molar-refractivity contribution >= 4 is 16.3 Å². The van der Waals surface area contributed by atoms with Crippen LogP contribution in [0.25, 0.3) is 11.3 Å². The fourth-order valence-electron chi connectivity index (χ4n) is 2.84. The van der Waals surface area contributed by atoms with Gasteiger partial charge >= 0.3 is 0 Å². The number of sulfonamides is 1. The van der Waals surface area contributed by atoms with Crippen LogP contribution in [0.3, 0.4) is 0 Å². The Morgan fingerprint density at radius 1 is 1.09 bits per heavy atom. The lowest BCUT2D eigenvalue weighted by atomic mass is 10.1. The van der Waals surface area contributed by atoms with Crippen molar-refractivity contribution in [2.45, 2.75) is 31.1 Å². The van der Waals surface area contributed by atoms with Crippen molar-refractivity contribution in [2.24, 2.45) is 0 Å². The first kappa shape index (κ1) is 16.0. The molecule has 0 bridgehead atoms. The molecule has 2 heterocycles. The van der Waals surface area contributed by atoms with Gasteiger partial charge < -0.3 is 4.42 Å². The SMILES string of the molecule is Cc1ccc(S(=O)(=O)N2CCCCC2)cc1-c1ccc(C=O)o1. The molecule has 1 fully saturated rings. The number of furan rings is 1. The maximum absolute atomic E-state index is 12.8. The van der Waals surface area contributed by atoms with Crippen molar-refractivity contribution in [1.82, 2.24) is 4.31 Å². The Balaban J connectivity index is 2.01. The minimum atomic E-state index is -3.49. The van der Waals surface area contributed by atoms with Gasteiger partial charge in [0.25, 0.3) is 0 Å². The van der Waals surface area contributed by atoms with Gasteiger partial charge in [-0.25, -0.2) is 8.42 Å². The molecule has 0 radical (unpaired) electrons. The van der Waals surface area contributed by atoms with E-state index in [4.69, 9.17) is 4.42 Å². The van der Waals surface area contributed by atoms with Crippen LogP contribution >= 0.6 is 0 Å². The molecule has 0 amide bonds. The number of carbonyl (C=O) groups excluding carboxylic acids is 1. The molecule has 0 spiro atoms. The van der Waals surface area contributed by atoms with Crippen molar-refractivity contribution in [3.05, 3.63) is 41.7 Å². The lowest BCUT2D eigenvalue weighted by Crippen LogP contribution is -2.35. The van der Waals surface area contributed by atoms with Crippen LogP contribution in [0.4, 0.5) is 0 Å². The molecule has 1 aromatic heterocycles. The van der Waals surface area contributed by atoms with Gasteiger partial charge in [0.2, 0.25) is 10.0 Å². The number of piperidine rings is 1. The number of nitrogens with zero attached hydrogens (tertiary/aromatic N) is 1. The van der Waals surface area contributed by atoms with Crippen molar-refractivity contribution in [1.29, 1.82) is 0 Å². The van der Waals surface area contributed by atoms with Crippen LogP contribution in [-0.2, 0) is 10.0 Å². The van der Waals surface area contributed by atoms with Gasteiger partial charge in [-0.15, -0.1) is 0 Å². The third-order valence-electron chi connectivity index (χ3n) is 4.17. The average molecular weight is 333 g/mol. The first-order valence-corrected chi connectivity index (χ1v) is 9.12. The molecule has 1 aliphatic rings. The smallest absolute Gasteiger partial charge is 0.243 e. The van der Waals surface area contributed by atoms with E-state index in [1.165, 1.54) is 0 Å². The van der Waals surface area contributed by atoms with Crippen molar-refractivity contribution < 1.29 is 17.6 Å². The number of aryl methyl sites for hydroxylation is 1. The summed E-state index contributed by atoms with van der Waals surface area (Å²) in [5.41, 5.74) is 1.59. The number of aldehydes is 1. The molecule has 2 aromatic rings. The molecular weight excluding hydrogens is 314 g/mol. The molecule has 1 saturated heterocycles. The lowest BCUT2D eigenvalue weighted by Gasteiger charge is -2.26. The molecule has 0 saturated carbocycles. The Morgan fingerprint density at radius 2 is 1.83 bits per heavy atom. The monoisotopic (exact) mass is 333 g/mol. The highest BCUT2D eigenvalue weighted by Crippen LogP contribution is 2.29. The van der Waals surface area contributed by atoms with Gasteiger partial charge in [0.1, 0.15) is 5.76 Å². The van der Waals surface area contributed by atoms with E-state index in [0.717, 1.165) is 24.8 Å². The van der Waals surface area contributed by atoms with Crippen molar-refractivity contribution in [2.75, 3.05) is 13.1 Å². The Labute approximate surface area is 136 Å². The zero-order chi connectivity index (χ0) is 16.4. The van der Waals surface area contributed by atoms with Gasteiger partial charge in [0, 0.05) is 18.7 Å². The van der Waals surface area contributed by atoms with Crippen LogP contribution in [0.5, 0.6) is 0 Å². The van der Waals surface area contributed by atoms with Crippen LogP contribution in [0.2, 0.25) is 0 Å². The first-order chi connectivity index (χ1) is 11.0. The Bertz CT molecular complexity index is 817. The molecule has 122 valence electrons. The predicted molar refractivity (Wildman–Crippen MR) is 86.9 cm³/mol. The molecule has 0 unspecified atom stereocenters. The second-order valence-corrected chi connectivity index (χ2v) is 7.70. The molecular formula is C17H19NO4S. The highest BCUT2D eigenvalue weighted by molar-refractivity contribution is 7.89. The Morgan fingerprint density at radius 3 is 2.48 bits per heavy atom. The minimum Gasteiger partial charge on any atom is -0.453 e. The molecule has 0 N–H and O–H groups in total. The predicted octanol–water partition coefficient (Wildman–Crippen LogP) is 3.24. The highest BCUT2D eigenvalue weighted by atomic mass is 32.2. The average Bonchev–Trinajstić information content (AvgIpc) is 3.05. The third-order valence-corrected chi connectivity index (χ3v) is 6.06. The van der Waals surface area contributed by atoms with Crippen LogP contribution in [-0.4, -0.2) is 32.1 Å². The molecule has 23 heavy (non-hydrogen) atoms. The van der Waals surface area contributed by atoms with E-state index < -0.39 is 10.0 Å². The summed E-state index contributed by atoms with van der Waals surface area (Å²) in [6.07, 6.45) is 3.51. The lowest BCUT2D eigenvalue weighted by molar-refractivity contribution is 0.110. The number of hydrogen-bond donors (Lipinski definition) is 0. The topological polar surface area (TPSA) is 67.6 Å². The zero-order valence-electron chi connectivity index (χ0n) is 13.0. The Kier molecular flexibility index (Phi) is 4.37. The highest BCUT2D eigenvalue weighted by Gasteiger charge is 2.26. The van der Waals surface area contributed by atoms with Gasteiger partial charge in [0.15, 0.2) is 12.0 Å². The quantitative estimate of drug-likeness (QED) is 0.806. The molecule has 1 aliphatic heterocycles. The maximum Gasteiger partial charge on any atom is 0.243 e. The number of benzene rings is 1. The van der Waals surface area contributed by atoms with Crippen LogP contribution in [0, 0.1) is 6.92 Å². The van der Waals surface area contributed by atoms with Crippen molar-refractivity contribution in [3.8, 4) is 11.3 Å². The van der Waals surface area contributed by atoms with E-state index in [-0.39, 0.29) is 10.7 Å². The molecule has 0 aliphatic carbocycles. The van der Waals surface area contributed by atoms with E-state index in [1.807, 2.05) is 6.92 Å². The van der Waals surface area contributed by atoms with E-state index in [1.54, 1.807) is 34.6 Å². The van der Waals surface area contributed by atoms with Gasteiger partial charge in [-0.1, -0.05) is 12.5 Å². The maximum atomic E-state index is 12.8. The van der Waals surface area contributed by atoms with Crippen LogP contribution in [0.15, 0.2) is 39.6 Å². The standard InChI is InChI=1S/C17H19NO4S/c1-13-5-7-15(23(20,21)18-9-3-2-4-10-18)11-16(13)17-8-6-14(12-19)22-17/h5-8,11-12H,2-4,9-10H2,1H3. The van der Waals surface area contributed by atoms with Crippen LogP contribution in [0.1, 0.15) is 35.4 Å². The number of rotatable bonds is 4. The second kappa shape index (κ2) is 6.29. The van der Waals surface area contributed by atoms with Crippen molar-refractivity contribution in [3.63, 3.8) is 0 Å². The zero-order valence-corrected chi connectivity index (χ0v) is 13.8. The largest absolute Gasteiger partial charge is 0.453 e. The summed E-state index contributed by atoms with van der Waals surface area (Å²) in [4.78, 5) is 11.0. The van der Waals surface area contributed by atoms with E-state index in [0.29, 0.717) is 30.7 Å². The van der Waals surface area contributed by atoms with E-state index in [9.17, 15) is 13.2 Å². The summed E-state index contributed by atoms with van der Waals surface area (Å²) < 4.78 is 32.5. The molecule has 3 rings (SSSR count). The third kappa shape index (κ3) is 3.09.